The van der Waals surface area contributed by atoms with Crippen molar-refractivity contribution in [2.75, 3.05) is 0 Å². The third kappa shape index (κ3) is 2.03. The number of ether oxygens (including phenoxy) is 2. The highest BCUT2D eigenvalue weighted by molar-refractivity contribution is 5.26. The minimum atomic E-state index is -0.129. The highest BCUT2D eigenvalue weighted by Gasteiger charge is 2.59. The predicted molar refractivity (Wildman–Crippen MR) is 75.8 cm³/mol. The summed E-state index contributed by atoms with van der Waals surface area (Å²) < 4.78 is 12.4. The van der Waals surface area contributed by atoms with Gasteiger partial charge in [-0.3, -0.25) is 0 Å². The SMILES string of the molecule is C=C1C[C@]2(CC)O[C@@H](C)[C@H]1[C@@H]2OCc1ccccc1. The molecule has 2 nitrogen and oxygen atoms in total. The Morgan fingerprint density at radius 2 is 2.11 bits per heavy atom. The first kappa shape index (κ1) is 12.9. The van der Waals surface area contributed by atoms with Gasteiger partial charge in [0.25, 0.3) is 0 Å². The van der Waals surface area contributed by atoms with E-state index in [4.69, 9.17) is 9.47 Å². The van der Waals surface area contributed by atoms with Crippen molar-refractivity contribution in [1.82, 2.24) is 0 Å². The van der Waals surface area contributed by atoms with Gasteiger partial charge >= 0.3 is 0 Å². The van der Waals surface area contributed by atoms with Gasteiger partial charge in [-0.15, -0.1) is 0 Å². The van der Waals surface area contributed by atoms with Crippen molar-refractivity contribution < 1.29 is 9.47 Å². The molecule has 1 saturated heterocycles. The first-order chi connectivity index (χ1) is 9.16. The minimum Gasteiger partial charge on any atom is -0.370 e. The fourth-order valence-electron chi connectivity index (χ4n) is 3.70. The van der Waals surface area contributed by atoms with Crippen molar-refractivity contribution in [3.63, 3.8) is 0 Å². The Balaban J connectivity index is 1.75. The van der Waals surface area contributed by atoms with Crippen LogP contribution in [-0.4, -0.2) is 17.8 Å². The van der Waals surface area contributed by atoms with Gasteiger partial charge in [-0.1, -0.05) is 49.4 Å². The van der Waals surface area contributed by atoms with Gasteiger partial charge in [-0.2, -0.15) is 0 Å². The fraction of sp³-hybridized carbons (Fsp3) is 0.529. The van der Waals surface area contributed by atoms with Gasteiger partial charge in [0.05, 0.1) is 24.4 Å². The molecule has 1 aromatic rings. The molecular formula is C17H22O2. The Kier molecular flexibility index (Phi) is 3.23. The molecule has 102 valence electrons. The first-order valence-electron chi connectivity index (χ1n) is 7.17. The van der Waals surface area contributed by atoms with E-state index >= 15 is 0 Å². The monoisotopic (exact) mass is 258 g/mol. The van der Waals surface area contributed by atoms with Gasteiger partial charge in [0.1, 0.15) is 0 Å². The molecule has 0 spiro atoms. The molecule has 2 fully saturated rings. The van der Waals surface area contributed by atoms with Gasteiger partial charge in [0.2, 0.25) is 0 Å². The zero-order chi connectivity index (χ0) is 13.5. The Morgan fingerprint density at radius 3 is 2.74 bits per heavy atom. The molecule has 2 bridgehead atoms. The average Bonchev–Trinajstić information content (AvgIpc) is 2.85. The molecule has 1 heterocycles. The molecule has 1 saturated carbocycles. The van der Waals surface area contributed by atoms with Crippen LogP contribution in [0.15, 0.2) is 42.5 Å². The van der Waals surface area contributed by atoms with E-state index in [0.717, 1.165) is 12.8 Å². The number of fused-ring (bicyclic) bond motifs is 2. The van der Waals surface area contributed by atoms with Crippen LogP contribution in [0.5, 0.6) is 0 Å². The van der Waals surface area contributed by atoms with Crippen molar-refractivity contribution in [1.29, 1.82) is 0 Å². The zero-order valence-electron chi connectivity index (χ0n) is 11.8. The Morgan fingerprint density at radius 1 is 1.37 bits per heavy atom. The molecule has 0 amide bonds. The lowest BCUT2D eigenvalue weighted by Crippen LogP contribution is -2.37. The lowest BCUT2D eigenvalue weighted by Gasteiger charge is -2.30. The third-order valence-corrected chi connectivity index (χ3v) is 4.64. The van der Waals surface area contributed by atoms with E-state index in [0.29, 0.717) is 12.5 Å². The molecule has 1 aliphatic carbocycles. The van der Waals surface area contributed by atoms with Gasteiger partial charge in [0, 0.05) is 12.3 Å². The van der Waals surface area contributed by atoms with Gasteiger partial charge in [-0.05, 0) is 18.9 Å². The van der Waals surface area contributed by atoms with Crippen molar-refractivity contribution in [2.24, 2.45) is 5.92 Å². The fourth-order valence-corrected chi connectivity index (χ4v) is 3.70. The molecule has 4 atom stereocenters. The van der Waals surface area contributed by atoms with E-state index in [1.165, 1.54) is 11.1 Å². The number of rotatable bonds is 4. The van der Waals surface area contributed by atoms with Crippen LogP contribution in [0.4, 0.5) is 0 Å². The zero-order valence-corrected chi connectivity index (χ0v) is 11.8. The molecule has 0 N–H and O–H groups in total. The van der Waals surface area contributed by atoms with Crippen LogP contribution in [0.2, 0.25) is 0 Å². The van der Waals surface area contributed by atoms with Crippen molar-refractivity contribution in [3.05, 3.63) is 48.0 Å². The summed E-state index contributed by atoms with van der Waals surface area (Å²) in [5.74, 6) is 0.365. The smallest absolute Gasteiger partial charge is 0.0988 e. The number of hydrogen-bond acceptors (Lipinski definition) is 2. The quantitative estimate of drug-likeness (QED) is 0.766. The molecule has 1 aliphatic heterocycles. The van der Waals surface area contributed by atoms with Crippen molar-refractivity contribution >= 4 is 0 Å². The standard InChI is InChI=1S/C17H22O2/c1-4-17-10-12(2)15(13(3)19-17)16(17)18-11-14-8-6-5-7-9-14/h5-9,13,15-16H,2,4,10-11H2,1,3H3/t13-,15-,16-,17-/m0/s1. The summed E-state index contributed by atoms with van der Waals surface area (Å²) in [7, 11) is 0. The molecule has 2 aliphatic rings. The van der Waals surface area contributed by atoms with Crippen LogP contribution < -0.4 is 0 Å². The Hall–Kier alpha value is -1.12. The summed E-state index contributed by atoms with van der Waals surface area (Å²) in [6.45, 7) is 9.22. The Bertz CT molecular complexity index is 467. The average molecular weight is 258 g/mol. The lowest BCUT2D eigenvalue weighted by molar-refractivity contribution is -0.101. The summed E-state index contributed by atoms with van der Waals surface area (Å²) in [6.07, 6.45) is 2.35. The largest absolute Gasteiger partial charge is 0.370 e. The second kappa shape index (κ2) is 4.77. The van der Waals surface area contributed by atoms with E-state index in [1.54, 1.807) is 0 Å². The second-order valence-electron chi connectivity index (χ2n) is 5.82. The molecule has 3 rings (SSSR count). The van der Waals surface area contributed by atoms with Crippen LogP contribution >= 0.6 is 0 Å². The molecule has 0 aromatic heterocycles. The normalized spacial score (nSPS) is 36.9. The van der Waals surface area contributed by atoms with Crippen LogP contribution in [0.1, 0.15) is 32.3 Å². The highest BCUT2D eigenvalue weighted by Crippen LogP contribution is 2.53. The lowest BCUT2D eigenvalue weighted by atomic mass is 9.95. The number of benzene rings is 1. The van der Waals surface area contributed by atoms with E-state index in [2.05, 4.69) is 44.7 Å². The van der Waals surface area contributed by atoms with Crippen LogP contribution in [0.3, 0.4) is 0 Å². The molecule has 2 heteroatoms. The molecular weight excluding hydrogens is 236 g/mol. The van der Waals surface area contributed by atoms with Crippen molar-refractivity contribution in [2.45, 2.75) is 51.1 Å². The summed E-state index contributed by atoms with van der Waals surface area (Å²) in [5, 5.41) is 0. The maximum atomic E-state index is 6.23. The van der Waals surface area contributed by atoms with E-state index in [1.807, 2.05) is 6.07 Å². The van der Waals surface area contributed by atoms with E-state index in [-0.39, 0.29) is 17.8 Å². The summed E-state index contributed by atoms with van der Waals surface area (Å²) >= 11 is 0. The van der Waals surface area contributed by atoms with Crippen LogP contribution in [0.25, 0.3) is 0 Å². The Labute approximate surface area is 115 Å². The maximum absolute atomic E-state index is 6.23. The van der Waals surface area contributed by atoms with Gasteiger partial charge in [0.15, 0.2) is 0 Å². The number of hydrogen-bond donors (Lipinski definition) is 0. The van der Waals surface area contributed by atoms with E-state index in [9.17, 15) is 0 Å². The second-order valence-corrected chi connectivity index (χ2v) is 5.82. The molecule has 1 aromatic carbocycles. The first-order valence-corrected chi connectivity index (χ1v) is 7.17. The maximum Gasteiger partial charge on any atom is 0.0988 e. The van der Waals surface area contributed by atoms with Gasteiger partial charge in [-0.25, -0.2) is 0 Å². The highest BCUT2D eigenvalue weighted by atomic mass is 16.6. The predicted octanol–water partition coefficient (Wildman–Crippen LogP) is 3.72. The molecule has 19 heavy (non-hydrogen) atoms. The molecule has 0 radical (unpaired) electrons. The summed E-state index contributed by atoms with van der Waals surface area (Å²) in [6, 6.07) is 10.3. The van der Waals surface area contributed by atoms with Gasteiger partial charge < -0.3 is 9.47 Å². The topological polar surface area (TPSA) is 18.5 Å². The van der Waals surface area contributed by atoms with Crippen LogP contribution in [0, 0.1) is 5.92 Å². The van der Waals surface area contributed by atoms with Crippen LogP contribution in [-0.2, 0) is 16.1 Å². The summed E-state index contributed by atoms with van der Waals surface area (Å²) in [4.78, 5) is 0. The minimum absolute atomic E-state index is 0.129. The summed E-state index contributed by atoms with van der Waals surface area (Å²) in [5.41, 5.74) is 2.40. The molecule has 0 unspecified atom stereocenters. The third-order valence-electron chi connectivity index (χ3n) is 4.64. The van der Waals surface area contributed by atoms with Crippen molar-refractivity contribution in [3.8, 4) is 0 Å². The van der Waals surface area contributed by atoms with E-state index < -0.39 is 0 Å².